The van der Waals surface area contributed by atoms with Gasteiger partial charge in [-0.3, -0.25) is 0 Å². The van der Waals surface area contributed by atoms with Crippen molar-refractivity contribution >= 4 is 51.0 Å². The standard InChI is InChI=1S/C13H8ClIN2O/c14-9-5-11-12(6-10(9)16)18-13(17-11)7-1-3-8(15)4-2-7/h1-6H,16H2. The molecule has 0 amide bonds. The van der Waals surface area contributed by atoms with Gasteiger partial charge in [0.25, 0.3) is 0 Å². The normalized spacial score (nSPS) is 11.0. The predicted octanol–water partition coefficient (Wildman–Crippen LogP) is 4.34. The fourth-order valence-electron chi connectivity index (χ4n) is 1.68. The lowest BCUT2D eigenvalue weighted by Crippen LogP contribution is -1.84. The number of oxazole rings is 1. The molecular weight excluding hydrogens is 363 g/mol. The third-order valence-electron chi connectivity index (χ3n) is 2.60. The van der Waals surface area contributed by atoms with Gasteiger partial charge in [0.05, 0.1) is 10.7 Å². The summed E-state index contributed by atoms with van der Waals surface area (Å²) in [5, 5.41) is 0.491. The fraction of sp³-hybridized carbons (Fsp3) is 0. The Morgan fingerprint density at radius 2 is 1.89 bits per heavy atom. The quantitative estimate of drug-likeness (QED) is 0.512. The Morgan fingerprint density at radius 1 is 1.17 bits per heavy atom. The van der Waals surface area contributed by atoms with Crippen molar-refractivity contribution in [2.24, 2.45) is 0 Å². The monoisotopic (exact) mass is 370 g/mol. The van der Waals surface area contributed by atoms with Crippen LogP contribution in [-0.4, -0.2) is 4.98 Å². The number of nitrogens with two attached hydrogens (primary N) is 1. The second-order valence-corrected chi connectivity index (χ2v) is 5.52. The highest BCUT2D eigenvalue weighted by Crippen LogP contribution is 2.29. The molecule has 0 bridgehead atoms. The van der Waals surface area contributed by atoms with Crippen molar-refractivity contribution in [3.8, 4) is 11.5 Å². The Balaban J connectivity index is 2.16. The van der Waals surface area contributed by atoms with Crippen LogP contribution in [0, 0.1) is 3.57 Å². The SMILES string of the molecule is Nc1cc2oc(-c3ccc(I)cc3)nc2cc1Cl. The van der Waals surface area contributed by atoms with Gasteiger partial charge in [0.1, 0.15) is 5.52 Å². The van der Waals surface area contributed by atoms with E-state index in [9.17, 15) is 0 Å². The second-order valence-electron chi connectivity index (χ2n) is 3.87. The van der Waals surface area contributed by atoms with Crippen molar-refractivity contribution in [2.45, 2.75) is 0 Å². The number of halogens is 2. The lowest BCUT2D eigenvalue weighted by Gasteiger charge is -1.94. The van der Waals surface area contributed by atoms with Crippen LogP contribution in [0.1, 0.15) is 0 Å². The van der Waals surface area contributed by atoms with E-state index >= 15 is 0 Å². The van der Waals surface area contributed by atoms with E-state index in [0.29, 0.717) is 27.7 Å². The molecule has 3 rings (SSSR count). The van der Waals surface area contributed by atoms with Gasteiger partial charge in [-0.15, -0.1) is 0 Å². The van der Waals surface area contributed by atoms with E-state index in [2.05, 4.69) is 27.6 Å². The Bertz CT molecular complexity index is 683. The number of anilines is 1. The molecule has 0 aliphatic carbocycles. The molecule has 18 heavy (non-hydrogen) atoms. The lowest BCUT2D eigenvalue weighted by atomic mass is 10.2. The summed E-state index contributed by atoms with van der Waals surface area (Å²) in [6.45, 7) is 0. The summed E-state index contributed by atoms with van der Waals surface area (Å²) >= 11 is 8.21. The number of hydrogen-bond donors (Lipinski definition) is 1. The van der Waals surface area contributed by atoms with E-state index in [0.717, 1.165) is 5.56 Å². The number of aromatic nitrogens is 1. The molecule has 90 valence electrons. The number of rotatable bonds is 1. The van der Waals surface area contributed by atoms with Gasteiger partial charge in [0.2, 0.25) is 5.89 Å². The van der Waals surface area contributed by atoms with Gasteiger partial charge in [-0.1, -0.05) is 11.6 Å². The molecule has 5 heteroatoms. The lowest BCUT2D eigenvalue weighted by molar-refractivity contribution is 0.620. The van der Waals surface area contributed by atoms with Gasteiger partial charge >= 0.3 is 0 Å². The summed E-state index contributed by atoms with van der Waals surface area (Å²) in [7, 11) is 0. The molecule has 0 saturated carbocycles. The Kier molecular flexibility index (Phi) is 2.91. The molecule has 0 saturated heterocycles. The first-order valence-electron chi connectivity index (χ1n) is 5.25. The molecule has 1 heterocycles. The van der Waals surface area contributed by atoms with Gasteiger partial charge in [-0.05, 0) is 52.9 Å². The van der Waals surface area contributed by atoms with Crippen molar-refractivity contribution in [2.75, 3.05) is 5.73 Å². The number of fused-ring (bicyclic) bond motifs is 1. The van der Waals surface area contributed by atoms with Gasteiger partial charge in [-0.25, -0.2) is 4.98 Å². The average Bonchev–Trinajstić information content (AvgIpc) is 2.73. The summed E-state index contributed by atoms with van der Waals surface area (Å²) in [5.41, 5.74) is 8.51. The predicted molar refractivity (Wildman–Crippen MR) is 81.6 cm³/mol. The minimum absolute atomic E-state index is 0.491. The van der Waals surface area contributed by atoms with Crippen LogP contribution in [0.5, 0.6) is 0 Å². The zero-order valence-electron chi connectivity index (χ0n) is 9.15. The smallest absolute Gasteiger partial charge is 0.227 e. The van der Waals surface area contributed by atoms with Gasteiger partial charge in [-0.2, -0.15) is 0 Å². The average molecular weight is 371 g/mol. The highest BCUT2D eigenvalue weighted by molar-refractivity contribution is 14.1. The van der Waals surface area contributed by atoms with E-state index in [1.54, 1.807) is 12.1 Å². The maximum atomic E-state index is 5.96. The first-order valence-corrected chi connectivity index (χ1v) is 6.70. The third-order valence-corrected chi connectivity index (χ3v) is 3.64. The Morgan fingerprint density at radius 3 is 2.61 bits per heavy atom. The fourth-order valence-corrected chi connectivity index (χ4v) is 2.20. The number of nitrogens with zero attached hydrogens (tertiary/aromatic N) is 1. The zero-order valence-corrected chi connectivity index (χ0v) is 12.1. The number of hydrogen-bond acceptors (Lipinski definition) is 3. The first kappa shape index (κ1) is 11.8. The molecule has 0 aliphatic rings. The van der Waals surface area contributed by atoms with Crippen molar-refractivity contribution in [1.82, 2.24) is 4.98 Å². The first-order chi connectivity index (χ1) is 8.63. The molecule has 3 nitrogen and oxygen atoms in total. The van der Waals surface area contributed by atoms with Crippen LogP contribution in [-0.2, 0) is 0 Å². The van der Waals surface area contributed by atoms with Gasteiger partial charge in [0, 0.05) is 15.2 Å². The van der Waals surface area contributed by atoms with E-state index in [1.807, 2.05) is 24.3 Å². The van der Waals surface area contributed by atoms with Crippen LogP contribution < -0.4 is 5.73 Å². The van der Waals surface area contributed by atoms with Crippen LogP contribution >= 0.6 is 34.2 Å². The van der Waals surface area contributed by atoms with Crippen LogP contribution in [0.3, 0.4) is 0 Å². The number of nitrogen functional groups attached to an aromatic ring is 1. The molecule has 2 N–H and O–H groups in total. The molecule has 0 radical (unpaired) electrons. The molecule has 1 aromatic heterocycles. The molecular formula is C13H8ClIN2O. The maximum absolute atomic E-state index is 5.96. The summed E-state index contributed by atoms with van der Waals surface area (Å²) in [4.78, 5) is 4.41. The van der Waals surface area contributed by atoms with E-state index in [-0.39, 0.29) is 0 Å². The topological polar surface area (TPSA) is 52.0 Å². The molecule has 0 atom stereocenters. The van der Waals surface area contributed by atoms with Crippen LogP contribution in [0.15, 0.2) is 40.8 Å². The summed E-state index contributed by atoms with van der Waals surface area (Å²) in [6, 6.07) is 11.4. The summed E-state index contributed by atoms with van der Waals surface area (Å²) < 4.78 is 6.84. The highest BCUT2D eigenvalue weighted by Gasteiger charge is 2.10. The highest BCUT2D eigenvalue weighted by atomic mass is 127. The minimum Gasteiger partial charge on any atom is -0.436 e. The van der Waals surface area contributed by atoms with Gasteiger partial charge < -0.3 is 10.2 Å². The molecule has 0 spiro atoms. The van der Waals surface area contributed by atoms with Crippen molar-refractivity contribution in [3.05, 3.63) is 45.0 Å². The van der Waals surface area contributed by atoms with E-state index in [1.165, 1.54) is 3.57 Å². The van der Waals surface area contributed by atoms with Crippen LogP contribution in [0.4, 0.5) is 5.69 Å². The second kappa shape index (κ2) is 4.44. The largest absolute Gasteiger partial charge is 0.436 e. The maximum Gasteiger partial charge on any atom is 0.227 e. The molecule has 3 aromatic rings. The summed E-state index contributed by atoms with van der Waals surface area (Å²) in [5.74, 6) is 0.572. The van der Waals surface area contributed by atoms with E-state index in [4.69, 9.17) is 21.8 Å². The zero-order chi connectivity index (χ0) is 12.7. The van der Waals surface area contributed by atoms with E-state index < -0.39 is 0 Å². The number of benzene rings is 2. The third kappa shape index (κ3) is 2.06. The Hall–Kier alpha value is -1.27. The molecule has 0 unspecified atom stereocenters. The van der Waals surface area contributed by atoms with Crippen LogP contribution in [0.25, 0.3) is 22.6 Å². The van der Waals surface area contributed by atoms with Crippen LogP contribution in [0.2, 0.25) is 5.02 Å². The minimum atomic E-state index is 0.491. The Labute approximate surface area is 122 Å². The molecule has 0 fully saturated rings. The van der Waals surface area contributed by atoms with Gasteiger partial charge in [0.15, 0.2) is 5.58 Å². The molecule has 0 aliphatic heterocycles. The molecule has 2 aromatic carbocycles. The van der Waals surface area contributed by atoms with Crippen molar-refractivity contribution < 1.29 is 4.42 Å². The van der Waals surface area contributed by atoms with Crippen molar-refractivity contribution in [1.29, 1.82) is 0 Å². The van der Waals surface area contributed by atoms with Crippen molar-refractivity contribution in [3.63, 3.8) is 0 Å². The summed E-state index contributed by atoms with van der Waals surface area (Å²) in [6.07, 6.45) is 0.